The molecule has 63 heavy (non-hydrogen) atoms. The van der Waals surface area contributed by atoms with Gasteiger partial charge in [-0.2, -0.15) is 52.7 Å². The maximum atomic E-state index is 12.7. The zero-order valence-electron chi connectivity index (χ0n) is 32.6. The van der Waals surface area contributed by atoms with Crippen LogP contribution in [-0.4, -0.2) is 127 Å². The third-order valence-electron chi connectivity index (χ3n) is 7.18. The highest BCUT2D eigenvalue weighted by Gasteiger charge is 2.58. The summed E-state index contributed by atoms with van der Waals surface area (Å²) < 4.78 is 128. The minimum absolute atomic E-state index is 0.0473. The summed E-state index contributed by atoms with van der Waals surface area (Å²) in [5, 5.41) is 35.7. The van der Waals surface area contributed by atoms with Crippen molar-refractivity contribution in [3.05, 3.63) is 83.8 Å². The molecule has 5 N–H and O–H groups in total. The normalized spacial score (nSPS) is 13.0. The monoisotopic (exact) mass is 927 g/mol. The molecule has 1 amide bonds. The predicted octanol–water partition coefficient (Wildman–Crippen LogP) is 6.78. The van der Waals surface area contributed by atoms with Crippen LogP contribution in [0, 0.1) is 0 Å². The van der Waals surface area contributed by atoms with Gasteiger partial charge >= 0.3 is 36.6 Å². The standard InChI is InChI=1S/C27H31N7O.C2F6.2C2HF3O2.2CH2O2/c1-27(2,3)21-9-7-20(8-10-21)26(35)30-23-19-34-24(29-23)11-12-25(31-34)33-16-14-32(15-17-33)18-22-6-4-5-13-28-22;3-1(4,5)2(6,7)8;2*3-2(4,5)1(6)7;2*2-1-3/h4-13,19H,14-18H2,1-3H3,(H,30,35);;2*(H,6,7);2*1H,(H,2,3). The van der Waals surface area contributed by atoms with Crippen LogP contribution in [0.2, 0.25) is 0 Å². The highest BCUT2D eigenvalue weighted by atomic mass is 19.5. The Morgan fingerprint density at radius 3 is 1.56 bits per heavy atom. The highest BCUT2D eigenvalue weighted by Crippen LogP contribution is 2.36. The summed E-state index contributed by atoms with van der Waals surface area (Å²) in [5.74, 6) is -4.30. The number of pyridine rings is 1. The summed E-state index contributed by atoms with van der Waals surface area (Å²) in [6.07, 6.45) is -18.7. The van der Waals surface area contributed by atoms with Gasteiger partial charge in [0.05, 0.1) is 11.9 Å². The number of halogens is 12. The molecule has 1 aliphatic heterocycles. The Labute approximate surface area is 347 Å². The zero-order valence-corrected chi connectivity index (χ0v) is 32.6. The molecule has 0 aliphatic carbocycles. The summed E-state index contributed by atoms with van der Waals surface area (Å²) in [6.45, 7) is 10.5. The van der Waals surface area contributed by atoms with Gasteiger partial charge in [-0.1, -0.05) is 39.0 Å². The van der Waals surface area contributed by atoms with E-state index in [1.807, 2.05) is 54.7 Å². The SMILES string of the molecule is CC(C)(C)c1ccc(C(=O)Nc2cn3nc(N4CCN(Cc5ccccn5)CC4)ccc3n2)cc1.FC(F)(F)C(F)(F)F.O=C(O)C(F)(F)F.O=C(O)C(F)(F)F.O=CO.O=CO. The number of imidazole rings is 1. The number of nitrogens with zero attached hydrogens (tertiary/aromatic N) is 6. The topological polar surface area (TPSA) is 228 Å². The van der Waals surface area contributed by atoms with Crippen LogP contribution in [0.5, 0.6) is 0 Å². The van der Waals surface area contributed by atoms with Gasteiger partial charge in [-0.05, 0) is 47.4 Å². The fourth-order valence-corrected chi connectivity index (χ4v) is 4.27. The largest absolute Gasteiger partial charge is 0.490 e. The maximum Gasteiger partial charge on any atom is 0.490 e. The summed E-state index contributed by atoms with van der Waals surface area (Å²) >= 11 is 0. The molecule has 1 aromatic carbocycles. The number of carboxylic acids is 2. The minimum atomic E-state index is -6.06. The minimum Gasteiger partial charge on any atom is -0.483 e. The van der Waals surface area contributed by atoms with Crippen molar-refractivity contribution in [1.82, 2.24) is 24.5 Å². The predicted molar refractivity (Wildman–Crippen MR) is 195 cm³/mol. The second kappa shape index (κ2) is 24.6. The van der Waals surface area contributed by atoms with E-state index in [-0.39, 0.29) is 24.3 Å². The Kier molecular flexibility index (Phi) is 22.0. The molecule has 0 atom stereocenters. The Balaban J connectivity index is 0.00000112. The zero-order chi connectivity index (χ0) is 49.0. The van der Waals surface area contributed by atoms with Crippen LogP contribution in [0.3, 0.4) is 0 Å². The van der Waals surface area contributed by atoms with Crippen LogP contribution in [-0.2, 0) is 31.1 Å². The molecule has 16 nitrogen and oxygen atoms in total. The van der Waals surface area contributed by atoms with Gasteiger partial charge in [0.1, 0.15) is 5.82 Å². The number of rotatable bonds is 5. The van der Waals surface area contributed by atoms with Gasteiger partial charge in [-0.3, -0.25) is 24.3 Å². The third-order valence-corrected chi connectivity index (χ3v) is 7.18. The van der Waals surface area contributed by atoms with Gasteiger partial charge in [0.25, 0.3) is 18.9 Å². The van der Waals surface area contributed by atoms with Crippen molar-refractivity contribution in [1.29, 1.82) is 0 Å². The summed E-state index contributed by atoms with van der Waals surface area (Å²) in [5.41, 5.74) is 3.63. The number of hydrogen-bond acceptors (Lipinski definition) is 10. The molecule has 5 rings (SSSR count). The number of alkyl halides is 12. The van der Waals surface area contributed by atoms with Crippen LogP contribution in [0.4, 0.5) is 64.3 Å². The molecule has 0 radical (unpaired) electrons. The first kappa shape index (κ1) is 56.3. The van der Waals surface area contributed by atoms with Crippen molar-refractivity contribution < 1.29 is 97.1 Å². The van der Waals surface area contributed by atoms with E-state index in [1.54, 1.807) is 10.7 Å². The van der Waals surface area contributed by atoms with Crippen molar-refractivity contribution in [2.75, 3.05) is 36.4 Å². The molecule has 0 unspecified atom stereocenters. The summed E-state index contributed by atoms with van der Waals surface area (Å²) in [7, 11) is 0. The molecular weight excluding hydrogens is 890 g/mol. The van der Waals surface area contributed by atoms with Crippen LogP contribution >= 0.6 is 0 Å². The van der Waals surface area contributed by atoms with Crippen LogP contribution in [0.1, 0.15) is 42.4 Å². The molecule has 4 aromatic rings. The van der Waals surface area contributed by atoms with E-state index in [1.165, 1.54) is 5.56 Å². The second-order valence-electron chi connectivity index (χ2n) is 12.8. The lowest BCUT2D eigenvalue weighted by molar-refractivity contribution is -0.339. The Hall–Kier alpha value is -6.74. The molecular formula is C35H37F12N7O9. The number of carbonyl (C=O) groups is 5. The van der Waals surface area contributed by atoms with Crippen LogP contribution in [0.25, 0.3) is 5.65 Å². The molecule has 350 valence electrons. The number of hydrogen-bond donors (Lipinski definition) is 5. The Morgan fingerprint density at radius 1 is 0.714 bits per heavy atom. The number of amides is 1. The van der Waals surface area contributed by atoms with Gasteiger partial charge in [0.2, 0.25) is 0 Å². The fourth-order valence-electron chi connectivity index (χ4n) is 4.27. The van der Waals surface area contributed by atoms with E-state index < -0.39 is 36.6 Å². The lowest BCUT2D eigenvalue weighted by Crippen LogP contribution is -2.46. The summed E-state index contributed by atoms with van der Waals surface area (Å²) in [4.78, 5) is 60.9. The quantitative estimate of drug-likeness (QED) is 0.103. The van der Waals surface area contributed by atoms with Crippen LogP contribution < -0.4 is 10.2 Å². The molecule has 0 bridgehead atoms. The van der Waals surface area contributed by atoms with E-state index in [0.717, 1.165) is 44.2 Å². The molecule has 1 aliphatic rings. The first-order valence-corrected chi connectivity index (χ1v) is 16.9. The van der Waals surface area contributed by atoms with Gasteiger partial charge in [0, 0.05) is 44.5 Å². The molecule has 1 fully saturated rings. The van der Waals surface area contributed by atoms with E-state index >= 15 is 0 Å². The van der Waals surface area contributed by atoms with Crippen molar-refractivity contribution in [2.24, 2.45) is 0 Å². The van der Waals surface area contributed by atoms with Gasteiger partial charge < -0.3 is 30.6 Å². The number of carboxylic acid groups (broad SMARTS) is 4. The number of aliphatic carboxylic acids is 2. The lowest BCUT2D eigenvalue weighted by Gasteiger charge is -2.35. The Bertz CT molecular complexity index is 1990. The molecule has 0 spiro atoms. The molecule has 0 saturated carbocycles. The van der Waals surface area contributed by atoms with E-state index in [4.69, 9.17) is 44.7 Å². The van der Waals surface area contributed by atoms with Crippen molar-refractivity contribution >= 4 is 48.1 Å². The number of piperazine rings is 1. The van der Waals surface area contributed by atoms with Crippen LogP contribution in [0.15, 0.2) is 67.0 Å². The Morgan fingerprint density at radius 2 is 1.17 bits per heavy atom. The number of fused-ring (bicyclic) bond motifs is 1. The van der Waals surface area contributed by atoms with E-state index in [2.05, 4.69) is 51.9 Å². The molecule has 1 saturated heterocycles. The van der Waals surface area contributed by atoms with Gasteiger partial charge in [0.15, 0.2) is 11.5 Å². The van der Waals surface area contributed by atoms with Gasteiger partial charge in [-0.25, -0.2) is 19.1 Å². The number of anilines is 2. The average molecular weight is 928 g/mol. The van der Waals surface area contributed by atoms with E-state index in [0.29, 0.717) is 17.0 Å². The van der Waals surface area contributed by atoms with Gasteiger partial charge in [-0.15, -0.1) is 5.10 Å². The highest BCUT2D eigenvalue weighted by molar-refractivity contribution is 6.03. The lowest BCUT2D eigenvalue weighted by atomic mass is 9.87. The summed E-state index contributed by atoms with van der Waals surface area (Å²) in [6, 6.07) is 17.7. The molecule has 28 heteroatoms. The maximum absolute atomic E-state index is 12.7. The van der Waals surface area contributed by atoms with E-state index in [9.17, 15) is 57.5 Å². The first-order chi connectivity index (χ1) is 28.8. The molecule has 4 heterocycles. The van der Waals surface area contributed by atoms with Crippen molar-refractivity contribution in [3.63, 3.8) is 0 Å². The number of carbonyl (C=O) groups excluding carboxylic acids is 1. The van der Waals surface area contributed by atoms with Crippen molar-refractivity contribution in [2.45, 2.75) is 57.4 Å². The molecule has 3 aromatic heterocycles. The second-order valence-corrected chi connectivity index (χ2v) is 12.8. The number of nitrogens with one attached hydrogen (secondary N) is 1. The third kappa shape index (κ3) is 21.6. The van der Waals surface area contributed by atoms with Crippen molar-refractivity contribution in [3.8, 4) is 0 Å². The fraction of sp³-hybridized carbons (Fsp3) is 0.371. The first-order valence-electron chi connectivity index (χ1n) is 16.9. The smallest absolute Gasteiger partial charge is 0.483 e. The number of benzene rings is 1. The number of aromatic nitrogens is 4. The average Bonchev–Trinajstić information content (AvgIpc) is 3.57.